The molecule has 0 aromatic heterocycles. The third-order valence-electron chi connectivity index (χ3n) is 2.99. The molecule has 0 aromatic carbocycles. The molecule has 2 N–H and O–H groups in total. The van der Waals surface area contributed by atoms with Crippen LogP contribution in [-0.4, -0.2) is 36.7 Å². The average Bonchev–Trinajstić information content (AvgIpc) is 2.24. The fourth-order valence-electron chi connectivity index (χ4n) is 2.39. The highest BCUT2D eigenvalue weighted by atomic mass is 16.5. The van der Waals surface area contributed by atoms with Crippen molar-refractivity contribution in [2.75, 3.05) is 19.6 Å². The van der Waals surface area contributed by atoms with Crippen LogP contribution in [0.4, 0.5) is 0 Å². The number of rotatable bonds is 4. The van der Waals surface area contributed by atoms with E-state index < -0.39 is 0 Å². The molecule has 0 aromatic rings. The topological polar surface area (TPSA) is 38.5 Å². The normalized spacial score (nSPS) is 27.5. The second-order valence-electron chi connectivity index (χ2n) is 4.78. The summed E-state index contributed by atoms with van der Waals surface area (Å²) in [5.74, 6) is 0. The predicted molar refractivity (Wildman–Crippen MR) is 72.8 cm³/mol. The largest absolute Gasteiger partial charge is 0.372 e. The summed E-state index contributed by atoms with van der Waals surface area (Å²) < 4.78 is 5.77. The summed E-state index contributed by atoms with van der Waals surface area (Å²) in [7, 11) is 0. The van der Waals surface area contributed by atoms with Crippen molar-refractivity contribution in [2.24, 2.45) is 5.73 Å². The van der Waals surface area contributed by atoms with Gasteiger partial charge in [0.1, 0.15) is 0 Å². The standard InChI is InChI=1S/C14H26N2O/c1-5-6-14(11(2)7-8-15)16-9-12(3)17-13(4)10-16/h6-7,12-13H,5,8-10,15H2,1-4H3/b11-7-,14-6+/t12-,13+. The minimum atomic E-state index is 0.296. The Morgan fingerprint density at radius 1 is 1.29 bits per heavy atom. The van der Waals surface area contributed by atoms with Gasteiger partial charge in [0.2, 0.25) is 0 Å². The van der Waals surface area contributed by atoms with Crippen molar-refractivity contribution in [1.82, 2.24) is 4.90 Å². The van der Waals surface area contributed by atoms with Gasteiger partial charge in [-0.05, 0) is 32.8 Å². The van der Waals surface area contributed by atoms with Crippen molar-refractivity contribution in [3.8, 4) is 0 Å². The second kappa shape index (κ2) is 6.82. The summed E-state index contributed by atoms with van der Waals surface area (Å²) in [6.45, 7) is 11.1. The number of nitrogens with zero attached hydrogens (tertiary/aromatic N) is 1. The number of allylic oxidation sites excluding steroid dienone is 2. The molecule has 0 spiro atoms. The monoisotopic (exact) mass is 238 g/mol. The van der Waals surface area contributed by atoms with E-state index in [1.165, 1.54) is 11.3 Å². The van der Waals surface area contributed by atoms with E-state index in [0.717, 1.165) is 19.5 Å². The summed E-state index contributed by atoms with van der Waals surface area (Å²) in [4.78, 5) is 2.42. The van der Waals surface area contributed by atoms with Gasteiger partial charge in [-0.3, -0.25) is 0 Å². The van der Waals surface area contributed by atoms with Crippen molar-refractivity contribution in [1.29, 1.82) is 0 Å². The summed E-state index contributed by atoms with van der Waals surface area (Å²) in [6.07, 6.45) is 6.01. The van der Waals surface area contributed by atoms with E-state index in [1.807, 2.05) is 0 Å². The molecule has 1 fully saturated rings. The second-order valence-corrected chi connectivity index (χ2v) is 4.78. The zero-order valence-corrected chi connectivity index (χ0v) is 11.6. The summed E-state index contributed by atoms with van der Waals surface area (Å²) in [5, 5.41) is 0. The minimum absolute atomic E-state index is 0.296. The summed E-state index contributed by atoms with van der Waals surface area (Å²) in [5.41, 5.74) is 8.19. The van der Waals surface area contributed by atoms with E-state index in [1.54, 1.807) is 0 Å². The molecule has 2 atom stereocenters. The van der Waals surface area contributed by atoms with Crippen molar-refractivity contribution in [2.45, 2.75) is 46.3 Å². The lowest BCUT2D eigenvalue weighted by Crippen LogP contribution is -2.45. The van der Waals surface area contributed by atoms with Crippen LogP contribution in [0.25, 0.3) is 0 Å². The molecule has 1 rings (SSSR count). The molecule has 0 aliphatic carbocycles. The first kappa shape index (κ1) is 14.3. The zero-order chi connectivity index (χ0) is 12.8. The minimum Gasteiger partial charge on any atom is -0.372 e. The number of ether oxygens (including phenoxy) is 1. The maximum absolute atomic E-state index is 5.77. The number of nitrogens with two attached hydrogens (primary N) is 1. The van der Waals surface area contributed by atoms with Crippen LogP contribution >= 0.6 is 0 Å². The first-order chi connectivity index (χ1) is 8.08. The van der Waals surface area contributed by atoms with Gasteiger partial charge in [0.05, 0.1) is 12.2 Å². The lowest BCUT2D eigenvalue weighted by molar-refractivity contribution is -0.0571. The van der Waals surface area contributed by atoms with Gasteiger partial charge in [-0.15, -0.1) is 0 Å². The van der Waals surface area contributed by atoms with E-state index in [2.05, 4.69) is 44.7 Å². The fourth-order valence-corrected chi connectivity index (χ4v) is 2.39. The summed E-state index contributed by atoms with van der Waals surface area (Å²) in [6, 6.07) is 0. The van der Waals surface area contributed by atoms with Crippen LogP contribution in [-0.2, 0) is 4.74 Å². The van der Waals surface area contributed by atoms with Crippen LogP contribution < -0.4 is 5.73 Å². The molecular formula is C14H26N2O. The lowest BCUT2D eigenvalue weighted by atomic mass is 10.1. The van der Waals surface area contributed by atoms with Gasteiger partial charge in [0, 0.05) is 25.3 Å². The van der Waals surface area contributed by atoms with Gasteiger partial charge in [-0.25, -0.2) is 0 Å². The molecule has 0 bridgehead atoms. The zero-order valence-electron chi connectivity index (χ0n) is 11.6. The number of morpholine rings is 1. The smallest absolute Gasteiger partial charge is 0.0726 e. The molecule has 3 nitrogen and oxygen atoms in total. The van der Waals surface area contributed by atoms with E-state index in [4.69, 9.17) is 10.5 Å². The van der Waals surface area contributed by atoms with Crippen LogP contribution in [0.3, 0.4) is 0 Å². The summed E-state index contributed by atoms with van der Waals surface area (Å²) >= 11 is 0. The van der Waals surface area contributed by atoms with Gasteiger partial charge >= 0.3 is 0 Å². The van der Waals surface area contributed by atoms with E-state index in [-0.39, 0.29) is 0 Å². The van der Waals surface area contributed by atoms with E-state index in [9.17, 15) is 0 Å². The third-order valence-corrected chi connectivity index (χ3v) is 2.99. The Balaban J connectivity index is 2.84. The Bertz CT molecular complexity index is 287. The predicted octanol–water partition coefficient (Wildman–Crippen LogP) is 2.29. The Hall–Kier alpha value is -0.800. The molecule has 3 heteroatoms. The van der Waals surface area contributed by atoms with Gasteiger partial charge < -0.3 is 15.4 Å². The Morgan fingerprint density at radius 2 is 1.88 bits per heavy atom. The lowest BCUT2D eigenvalue weighted by Gasteiger charge is -2.38. The maximum atomic E-state index is 5.77. The molecule has 0 radical (unpaired) electrons. The highest BCUT2D eigenvalue weighted by molar-refractivity contribution is 5.28. The average molecular weight is 238 g/mol. The molecule has 0 amide bonds. The Labute approximate surface area is 105 Å². The van der Waals surface area contributed by atoms with Gasteiger partial charge in [0.15, 0.2) is 0 Å². The van der Waals surface area contributed by atoms with Crippen molar-refractivity contribution < 1.29 is 4.74 Å². The van der Waals surface area contributed by atoms with Crippen LogP contribution in [0.15, 0.2) is 23.4 Å². The molecule has 1 aliphatic rings. The highest BCUT2D eigenvalue weighted by Gasteiger charge is 2.23. The molecule has 17 heavy (non-hydrogen) atoms. The molecule has 0 unspecified atom stereocenters. The van der Waals surface area contributed by atoms with Gasteiger partial charge in [-0.1, -0.05) is 19.1 Å². The molecule has 98 valence electrons. The van der Waals surface area contributed by atoms with Crippen LogP contribution in [0.1, 0.15) is 34.1 Å². The Morgan fingerprint density at radius 3 is 2.35 bits per heavy atom. The molecule has 0 saturated carbocycles. The van der Waals surface area contributed by atoms with E-state index in [0.29, 0.717) is 18.8 Å². The first-order valence-corrected chi connectivity index (χ1v) is 6.56. The van der Waals surface area contributed by atoms with Crippen LogP contribution in [0.5, 0.6) is 0 Å². The Kier molecular flexibility index (Phi) is 5.72. The molecule has 1 aliphatic heterocycles. The fraction of sp³-hybridized carbons (Fsp3) is 0.714. The highest BCUT2D eigenvalue weighted by Crippen LogP contribution is 2.21. The van der Waals surface area contributed by atoms with Gasteiger partial charge in [-0.2, -0.15) is 0 Å². The molecule has 1 saturated heterocycles. The van der Waals surface area contributed by atoms with Crippen LogP contribution in [0.2, 0.25) is 0 Å². The van der Waals surface area contributed by atoms with Gasteiger partial charge in [0.25, 0.3) is 0 Å². The van der Waals surface area contributed by atoms with Crippen molar-refractivity contribution in [3.05, 3.63) is 23.4 Å². The third kappa shape index (κ3) is 4.17. The number of hydrogen-bond donors (Lipinski definition) is 1. The quantitative estimate of drug-likeness (QED) is 0.764. The maximum Gasteiger partial charge on any atom is 0.0726 e. The number of hydrogen-bond acceptors (Lipinski definition) is 3. The van der Waals surface area contributed by atoms with Crippen molar-refractivity contribution in [3.63, 3.8) is 0 Å². The molecular weight excluding hydrogens is 212 g/mol. The molecule has 1 heterocycles. The SMILES string of the molecule is CC/C=C(\C(C)=C/CN)N1C[C@@H](C)O[C@@H](C)C1. The van der Waals surface area contributed by atoms with Crippen molar-refractivity contribution >= 4 is 0 Å². The van der Waals surface area contributed by atoms with E-state index >= 15 is 0 Å². The first-order valence-electron chi connectivity index (χ1n) is 6.56. The van der Waals surface area contributed by atoms with Crippen LogP contribution in [0, 0.1) is 0 Å².